The minimum Gasteiger partial charge on any atom is -0.492 e. The van der Waals surface area contributed by atoms with Crippen molar-refractivity contribution in [2.24, 2.45) is 0 Å². The lowest BCUT2D eigenvalue weighted by Gasteiger charge is -2.24. The summed E-state index contributed by atoms with van der Waals surface area (Å²) in [4.78, 5) is 12.1. The average molecular weight is 391 g/mol. The predicted molar refractivity (Wildman–Crippen MR) is 108 cm³/mol. The second-order valence-electron chi connectivity index (χ2n) is 6.07. The normalized spacial score (nSPS) is 11.0. The van der Waals surface area contributed by atoms with Gasteiger partial charge in [0.2, 0.25) is 15.9 Å². The van der Waals surface area contributed by atoms with Gasteiger partial charge in [-0.05, 0) is 31.0 Å². The largest absolute Gasteiger partial charge is 0.492 e. The van der Waals surface area contributed by atoms with E-state index in [9.17, 15) is 13.2 Å². The molecule has 0 saturated carbocycles. The Balaban J connectivity index is 1.96. The first-order valence-corrected chi connectivity index (χ1v) is 10.8. The highest BCUT2D eigenvalue weighted by Gasteiger charge is 2.21. The fourth-order valence-corrected chi connectivity index (χ4v) is 3.62. The van der Waals surface area contributed by atoms with Gasteiger partial charge >= 0.3 is 0 Å². The highest BCUT2D eigenvalue weighted by atomic mass is 32.2. The number of carbonyl (C=O) groups is 1. The Hall–Kier alpha value is -2.54. The molecule has 0 aliphatic carbocycles. The van der Waals surface area contributed by atoms with E-state index in [1.807, 2.05) is 37.3 Å². The minimum atomic E-state index is -3.54. The first-order valence-electron chi connectivity index (χ1n) is 8.92. The summed E-state index contributed by atoms with van der Waals surface area (Å²) in [5, 5.41) is 2.84. The Kier molecular flexibility index (Phi) is 7.67. The molecule has 0 unspecified atom stereocenters. The number of nitrogens with zero attached hydrogens (tertiary/aromatic N) is 1. The summed E-state index contributed by atoms with van der Waals surface area (Å²) in [5.41, 5.74) is 1.58. The van der Waals surface area contributed by atoms with Crippen LogP contribution in [0.1, 0.15) is 18.9 Å². The van der Waals surface area contributed by atoms with Gasteiger partial charge in [-0.15, -0.1) is 0 Å². The van der Waals surface area contributed by atoms with Crippen LogP contribution in [0.3, 0.4) is 0 Å². The first-order chi connectivity index (χ1) is 12.9. The van der Waals surface area contributed by atoms with Crippen molar-refractivity contribution in [2.75, 3.05) is 30.3 Å². The quantitative estimate of drug-likeness (QED) is 0.677. The topological polar surface area (TPSA) is 75.7 Å². The Morgan fingerprint density at radius 2 is 1.74 bits per heavy atom. The van der Waals surface area contributed by atoms with Crippen LogP contribution in [0.2, 0.25) is 0 Å². The summed E-state index contributed by atoms with van der Waals surface area (Å²) in [6.07, 6.45) is 1.93. The van der Waals surface area contributed by atoms with E-state index >= 15 is 0 Å². The van der Waals surface area contributed by atoms with Gasteiger partial charge < -0.3 is 10.1 Å². The van der Waals surface area contributed by atoms with E-state index in [-0.39, 0.29) is 18.9 Å². The molecule has 0 spiro atoms. The third-order valence-corrected chi connectivity index (χ3v) is 5.13. The van der Waals surface area contributed by atoms with Crippen molar-refractivity contribution >= 4 is 21.6 Å². The van der Waals surface area contributed by atoms with Crippen molar-refractivity contribution in [3.05, 3.63) is 60.2 Å². The molecule has 146 valence electrons. The summed E-state index contributed by atoms with van der Waals surface area (Å²) in [6, 6.07) is 16.8. The molecule has 7 heteroatoms. The van der Waals surface area contributed by atoms with E-state index in [0.29, 0.717) is 24.6 Å². The summed E-state index contributed by atoms with van der Waals surface area (Å²) in [7, 11) is -3.54. The molecule has 1 N–H and O–H groups in total. The minimum absolute atomic E-state index is 0.0556. The van der Waals surface area contributed by atoms with Crippen LogP contribution in [0.5, 0.6) is 5.75 Å². The van der Waals surface area contributed by atoms with Gasteiger partial charge in [0.25, 0.3) is 0 Å². The number of rotatable bonds is 10. The SMILES string of the molecule is CCOc1ccccc1N(CCC(=O)NCCc1ccccc1)S(C)(=O)=O. The molecule has 0 bridgehead atoms. The summed E-state index contributed by atoms with van der Waals surface area (Å²) in [6.45, 7) is 2.83. The van der Waals surface area contributed by atoms with Crippen LogP contribution in [-0.2, 0) is 21.2 Å². The highest BCUT2D eigenvalue weighted by Crippen LogP contribution is 2.29. The lowest BCUT2D eigenvalue weighted by atomic mass is 10.1. The first kappa shape index (κ1) is 20.8. The zero-order chi connectivity index (χ0) is 19.7. The van der Waals surface area contributed by atoms with Crippen molar-refractivity contribution < 1.29 is 17.9 Å². The number of hydrogen-bond acceptors (Lipinski definition) is 4. The van der Waals surface area contributed by atoms with Crippen LogP contribution >= 0.6 is 0 Å². The maximum Gasteiger partial charge on any atom is 0.232 e. The molecule has 2 rings (SSSR count). The van der Waals surface area contributed by atoms with Crippen LogP contribution in [0.25, 0.3) is 0 Å². The molecule has 0 aliphatic rings. The molecule has 0 radical (unpaired) electrons. The Labute approximate surface area is 161 Å². The third-order valence-electron chi connectivity index (χ3n) is 3.95. The molecule has 6 nitrogen and oxygen atoms in total. The van der Waals surface area contributed by atoms with Gasteiger partial charge in [-0.25, -0.2) is 8.42 Å². The molecule has 2 aromatic carbocycles. The molecular formula is C20H26N2O4S. The van der Waals surface area contributed by atoms with Gasteiger partial charge in [0.05, 0.1) is 18.6 Å². The molecule has 0 fully saturated rings. The number of hydrogen-bond donors (Lipinski definition) is 1. The molecule has 0 atom stereocenters. The third kappa shape index (κ3) is 6.60. The van der Waals surface area contributed by atoms with Crippen molar-refractivity contribution in [3.8, 4) is 5.75 Å². The summed E-state index contributed by atoms with van der Waals surface area (Å²) in [5.74, 6) is 0.295. The zero-order valence-electron chi connectivity index (χ0n) is 15.7. The van der Waals surface area contributed by atoms with Gasteiger partial charge in [0, 0.05) is 19.5 Å². The molecule has 1 amide bonds. The standard InChI is InChI=1S/C20H26N2O4S/c1-3-26-19-12-8-7-11-18(19)22(27(2,24)25)16-14-20(23)21-15-13-17-9-5-4-6-10-17/h4-12H,3,13-16H2,1-2H3,(H,21,23). The van der Waals surface area contributed by atoms with Crippen molar-refractivity contribution in [1.82, 2.24) is 5.32 Å². The molecule has 0 aliphatic heterocycles. The smallest absolute Gasteiger partial charge is 0.232 e. The molecule has 0 saturated heterocycles. The van der Waals surface area contributed by atoms with E-state index in [4.69, 9.17) is 4.74 Å². The van der Waals surface area contributed by atoms with Gasteiger partial charge in [-0.3, -0.25) is 9.10 Å². The number of anilines is 1. The average Bonchev–Trinajstić information content (AvgIpc) is 2.63. The summed E-state index contributed by atoms with van der Waals surface area (Å²) < 4.78 is 31.2. The van der Waals surface area contributed by atoms with E-state index in [1.165, 1.54) is 4.31 Å². The number of para-hydroxylation sites is 2. The fraction of sp³-hybridized carbons (Fsp3) is 0.350. The van der Waals surface area contributed by atoms with E-state index in [1.54, 1.807) is 24.3 Å². The zero-order valence-corrected chi connectivity index (χ0v) is 16.5. The molecule has 2 aromatic rings. The van der Waals surface area contributed by atoms with Gasteiger partial charge in [-0.2, -0.15) is 0 Å². The monoisotopic (exact) mass is 390 g/mol. The number of nitrogens with one attached hydrogen (secondary N) is 1. The number of benzene rings is 2. The van der Waals surface area contributed by atoms with Gasteiger partial charge in [0.1, 0.15) is 5.75 Å². The Morgan fingerprint density at radius 3 is 2.41 bits per heavy atom. The maximum atomic E-state index is 12.2. The Morgan fingerprint density at radius 1 is 1.07 bits per heavy atom. The number of ether oxygens (including phenoxy) is 1. The van der Waals surface area contributed by atoms with E-state index in [2.05, 4.69) is 5.32 Å². The number of carbonyl (C=O) groups excluding carboxylic acids is 1. The van der Waals surface area contributed by atoms with Crippen LogP contribution in [0.15, 0.2) is 54.6 Å². The molecule has 0 aromatic heterocycles. The van der Waals surface area contributed by atoms with E-state index in [0.717, 1.165) is 18.2 Å². The van der Waals surface area contributed by atoms with Crippen LogP contribution in [0, 0.1) is 0 Å². The Bertz CT molecular complexity index is 838. The number of amides is 1. The van der Waals surface area contributed by atoms with Crippen molar-refractivity contribution in [1.29, 1.82) is 0 Å². The van der Waals surface area contributed by atoms with Crippen LogP contribution in [-0.4, -0.2) is 40.3 Å². The lowest BCUT2D eigenvalue weighted by molar-refractivity contribution is -0.120. The predicted octanol–water partition coefficient (Wildman–Crippen LogP) is 2.60. The highest BCUT2D eigenvalue weighted by molar-refractivity contribution is 7.92. The van der Waals surface area contributed by atoms with Crippen molar-refractivity contribution in [3.63, 3.8) is 0 Å². The summed E-state index contributed by atoms with van der Waals surface area (Å²) >= 11 is 0. The van der Waals surface area contributed by atoms with Crippen LogP contribution < -0.4 is 14.4 Å². The van der Waals surface area contributed by atoms with Crippen LogP contribution in [0.4, 0.5) is 5.69 Å². The fourth-order valence-electron chi connectivity index (χ4n) is 2.69. The molecular weight excluding hydrogens is 364 g/mol. The second-order valence-corrected chi connectivity index (χ2v) is 7.98. The molecule has 27 heavy (non-hydrogen) atoms. The second kappa shape index (κ2) is 9.97. The maximum absolute atomic E-state index is 12.2. The van der Waals surface area contributed by atoms with Gasteiger partial charge in [-0.1, -0.05) is 42.5 Å². The lowest BCUT2D eigenvalue weighted by Crippen LogP contribution is -2.35. The molecule has 0 heterocycles. The van der Waals surface area contributed by atoms with E-state index < -0.39 is 10.0 Å². The van der Waals surface area contributed by atoms with Gasteiger partial charge in [0.15, 0.2) is 0 Å². The van der Waals surface area contributed by atoms with Crippen molar-refractivity contribution in [2.45, 2.75) is 19.8 Å². The number of sulfonamides is 1.